The molecule has 1 aliphatic rings. The summed E-state index contributed by atoms with van der Waals surface area (Å²) < 4.78 is 46.7. The predicted molar refractivity (Wildman–Crippen MR) is 110 cm³/mol. The Labute approximate surface area is 186 Å². The summed E-state index contributed by atoms with van der Waals surface area (Å²) in [5, 5.41) is 41.3. The summed E-state index contributed by atoms with van der Waals surface area (Å²) in [5.74, 6) is -2.20. The van der Waals surface area contributed by atoms with Crippen molar-refractivity contribution in [1.29, 1.82) is 0 Å². The molecule has 1 saturated heterocycles. The van der Waals surface area contributed by atoms with E-state index in [0.29, 0.717) is 0 Å². The van der Waals surface area contributed by atoms with Gasteiger partial charge in [-0.25, -0.2) is 4.79 Å². The molecule has 3 aromatic rings. The molecule has 0 unspecified atom stereocenters. The second-order valence-corrected chi connectivity index (χ2v) is 7.19. The van der Waals surface area contributed by atoms with Gasteiger partial charge in [-0.15, -0.1) is 0 Å². The number of carboxylic acid groups (broad SMARTS) is 1. The van der Waals surface area contributed by atoms with Gasteiger partial charge in [0.2, 0.25) is 0 Å². The molecule has 12 nitrogen and oxygen atoms in total. The molecule has 1 fully saturated rings. The summed E-state index contributed by atoms with van der Waals surface area (Å²) in [6, 6.07) is 2.13. The van der Waals surface area contributed by atoms with Gasteiger partial charge in [-0.2, -0.15) is 0 Å². The van der Waals surface area contributed by atoms with Crippen molar-refractivity contribution in [2.24, 2.45) is 5.72 Å². The number of nitrogens with two attached hydrogens (primary N) is 1. The number of carboxylic acids is 1. The lowest BCUT2D eigenvalue weighted by molar-refractivity contribution is -0.138. The number of fused-ring (bicyclic) bond motifs is 1. The molecule has 0 radical (unpaired) electrons. The van der Waals surface area contributed by atoms with Crippen LogP contribution in [0.3, 0.4) is 0 Å². The van der Waals surface area contributed by atoms with E-state index < -0.39 is 82.7 Å². The van der Waals surface area contributed by atoms with Crippen molar-refractivity contribution in [3.8, 4) is 0 Å². The Kier molecular flexibility index (Phi) is 4.09. The van der Waals surface area contributed by atoms with Crippen LogP contribution in [-0.2, 0) is 21.5 Å². The number of aliphatic hydroxyl groups excluding tert-OH is 3. The monoisotopic (exact) mass is 451 g/mol. The van der Waals surface area contributed by atoms with E-state index in [1.54, 1.807) is 0 Å². The molecule has 1 aliphatic heterocycles. The number of aliphatic hydroxyl groups is 3. The standard InChI is InChI=1S/C20H22N4O8/c21-11(18(29)30)5-9-8-3-1-2-4-12(8)23-15(9)20(10-6-22-19(31)24-17(10)28)16(27)14(26)13(7-25)32-20/h1-4,6,11,13-14,16,23,25-27H,5,7,21H2,(H,29,30)(H2,22,24,28,31)/t11-,13+,14+,16+,20+/m0/s1/i5D2,11D/hD2. The first kappa shape index (κ1) is 16.4. The second-order valence-electron chi connectivity index (χ2n) is 7.19. The molecule has 32 heavy (non-hydrogen) atoms. The number of benzene rings is 1. The maximum Gasteiger partial charge on any atom is 0.325 e. The molecular formula is C20H22N4O8. The Morgan fingerprint density at radius 2 is 2.09 bits per heavy atom. The molecule has 0 spiro atoms. The molecule has 12 heteroatoms. The summed E-state index contributed by atoms with van der Waals surface area (Å²) >= 11 is 0. The molecule has 0 aliphatic carbocycles. The van der Waals surface area contributed by atoms with Gasteiger partial charge in [-0.05, 0) is 11.6 Å². The van der Waals surface area contributed by atoms with E-state index in [4.69, 9.17) is 11.7 Å². The molecule has 0 amide bonds. The molecule has 170 valence electrons. The first-order chi connectivity index (χ1) is 17.2. The van der Waals surface area contributed by atoms with Crippen molar-refractivity contribution < 1.29 is 36.9 Å². The van der Waals surface area contributed by atoms with E-state index >= 15 is 0 Å². The van der Waals surface area contributed by atoms with Gasteiger partial charge in [0.25, 0.3) is 5.56 Å². The Bertz CT molecular complexity index is 1470. The van der Waals surface area contributed by atoms with E-state index in [1.165, 1.54) is 24.3 Å². The first-order valence-electron chi connectivity index (χ1n) is 11.7. The van der Waals surface area contributed by atoms with E-state index in [1.807, 2.05) is 4.98 Å². The molecule has 4 rings (SSSR count). The third-order valence-corrected chi connectivity index (χ3v) is 5.38. The summed E-state index contributed by atoms with van der Waals surface area (Å²) in [6.07, 6.45) is -8.08. The highest BCUT2D eigenvalue weighted by atomic mass is 16.6. The normalized spacial score (nSPS) is 30.2. The molecule has 0 saturated carbocycles. The number of aliphatic carboxylic acids is 1. The van der Waals surface area contributed by atoms with Gasteiger partial charge in [0.05, 0.1) is 19.2 Å². The minimum Gasteiger partial charge on any atom is -0.480 e. The number of aromatic nitrogens is 3. The molecule has 9 N–H and O–H groups in total. The van der Waals surface area contributed by atoms with Crippen molar-refractivity contribution in [3.05, 3.63) is 68.1 Å². The zero-order valence-electron chi connectivity index (χ0n) is 21.2. The smallest absolute Gasteiger partial charge is 0.325 e. The summed E-state index contributed by atoms with van der Waals surface area (Å²) in [7, 11) is 0. The highest BCUT2D eigenvalue weighted by molar-refractivity contribution is 5.86. The maximum atomic E-state index is 12.9. The van der Waals surface area contributed by atoms with Gasteiger partial charge in [-0.3, -0.25) is 14.6 Å². The van der Waals surface area contributed by atoms with Crippen LogP contribution >= 0.6 is 0 Å². The lowest BCUT2D eigenvalue weighted by Gasteiger charge is -2.32. The fourth-order valence-electron chi connectivity index (χ4n) is 3.94. The second kappa shape index (κ2) is 8.00. The zero-order chi connectivity index (χ0) is 27.5. The number of rotatable bonds is 7. The van der Waals surface area contributed by atoms with Crippen molar-refractivity contribution in [1.82, 2.24) is 15.0 Å². The Hall–Kier alpha value is -3.29. The van der Waals surface area contributed by atoms with E-state index in [9.17, 15) is 34.8 Å². The fraction of sp³-hybridized carbons (Fsp3) is 0.350. The molecule has 3 heterocycles. The highest BCUT2D eigenvalue weighted by Crippen LogP contribution is 2.46. The average Bonchev–Trinajstić information content (AvgIpc) is 3.35. The van der Waals surface area contributed by atoms with E-state index in [2.05, 4.69) is 9.97 Å². The third kappa shape index (κ3) is 3.25. The minimum atomic E-state index is -3.59. The van der Waals surface area contributed by atoms with Crippen LogP contribution in [0.25, 0.3) is 10.9 Å². The quantitative estimate of drug-likeness (QED) is 0.196. The number of ether oxygens (including phenoxy) is 1. The number of carbonyl (C=O) groups is 1. The van der Waals surface area contributed by atoms with Crippen molar-refractivity contribution >= 4 is 16.9 Å². The molecule has 2 aromatic heterocycles. The molecule has 1 aromatic carbocycles. The minimum absolute atomic E-state index is 0.0554. The summed E-state index contributed by atoms with van der Waals surface area (Å²) in [6.45, 7) is -0.867. The van der Waals surface area contributed by atoms with Crippen LogP contribution in [-0.4, -0.2) is 72.3 Å². The predicted octanol–water partition coefficient (Wildman–Crippen LogP) is -2.14. The molecule has 5 atom stereocenters. The lowest BCUT2D eigenvalue weighted by Crippen LogP contribution is -2.47. The maximum absolute atomic E-state index is 12.9. The van der Waals surface area contributed by atoms with Gasteiger partial charge in [0.1, 0.15) is 27.2 Å². The van der Waals surface area contributed by atoms with Gasteiger partial charge >= 0.3 is 11.7 Å². The summed E-state index contributed by atoms with van der Waals surface area (Å²) in [5.41, 5.74) is -6.94. The summed E-state index contributed by atoms with van der Waals surface area (Å²) in [4.78, 5) is 43.6. The Morgan fingerprint density at radius 3 is 2.72 bits per heavy atom. The largest absolute Gasteiger partial charge is 0.480 e. The lowest BCUT2D eigenvalue weighted by atomic mass is 9.82. The number of hydrogen-bond acceptors (Lipinski definition) is 8. The van der Waals surface area contributed by atoms with Crippen molar-refractivity contribution in [2.45, 2.75) is 36.3 Å². The van der Waals surface area contributed by atoms with Crippen molar-refractivity contribution in [2.75, 3.05) is 6.61 Å². The third-order valence-electron chi connectivity index (χ3n) is 5.38. The number of nitrogens with one attached hydrogen (secondary N) is 3. The van der Waals surface area contributed by atoms with Crippen LogP contribution in [0.15, 0.2) is 40.1 Å². The fourth-order valence-corrected chi connectivity index (χ4v) is 3.94. The topological polar surface area (TPSA) is 215 Å². The Morgan fingerprint density at radius 1 is 1.34 bits per heavy atom. The number of hydrogen-bond donors (Lipinski definition) is 8. The number of para-hydroxylation sites is 1. The van der Waals surface area contributed by atoms with Crippen LogP contribution in [0.2, 0.25) is 2.82 Å². The van der Waals surface area contributed by atoms with E-state index in [0.717, 1.165) is 6.20 Å². The zero-order valence-corrected chi connectivity index (χ0v) is 16.2. The van der Waals surface area contributed by atoms with Gasteiger partial charge in [0.15, 0.2) is 5.60 Å². The van der Waals surface area contributed by atoms with Gasteiger partial charge < -0.3 is 40.9 Å². The average molecular weight is 451 g/mol. The van der Waals surface area contributed by atoms with Crippen LogP contribution in [0.1, 0.15) is 20.9 Å². The van der Waals surface area contributed by atoms with Crippen LogP contribution in [0.5, 0.6) is 0 Å². The first-order valence-corrected chi connectivity index (χ1v) is 9.35. The van der Waals surface area contributed by atoms with Crippen LogP contribution in [0.4, 0.5) is 0 Å². The van der Waals surface area contributed by atoms with Gasteiger partial charge in [-0.1, -0.05) is 18.2 Å². The SMILES string of the molecule is [2H]N([2H])[C@]([2H])(C(=O)O)C([2H])([2H])c1c([C@@]2(c3c[nH]c(=O)[nH]c3=O)O[C@H](CO)[C@@H](O)[C@H]2O)[nH]c2ccccc12. The molecular weight excluding hydrogens is 424 g/mol. The number of aromatic amines is 3. The van der Waals surface area contributed by atoms with Gasteiger partial charge in [0, 0.05) is 26.2 Å². The van der Waals surface area contributed by atoms with Crippen LogP contribution in [0, 0.1) is 0 Å². The highest BCUT2D eigenvalue weighted by Gasteiger charge is 2.59. The Balaban J connectivity index is 2.19. The molecule has 0 bridgehead atoms. The van der Waals surface area contributed by atoms with Crippen LogP contribution < -0.4 is 17.0 Å². The van der Waals surface area contributed by atoms with Crippen molar-refractivity contribution in [3.63, 3.8) is 0 Å². The van der Waals surface area contributed by atoms with E-state index in [-0.39, 0.29) is 10.9 Å². The number of H-pyrrole nitrogens is 3.